The van der Waals surface area contributed by atoms with Gasteiger partial charge in [-0.25, -0.2) is 9.11 Å². The number of nitrogens with one attached hydrogen (secondary N) is 1. The van der Waals surface area contributed by atoms with Crippen LogP contribution in [-0.4, -0.2) is 10.8 Å². The molecule has 0 aromatic heterocycles. The standard InChI is InChI=1S/C13H10Cl2FNOS2/c1-19-12-4-2-9(15)7-11(12)17-20(18)13-5-3-8(14)6-10(13)16/h2-7,17H,1H3. The Kier molecular flexibility index (Phi) is 5.46. The highest BCUT2D eigenvalue weighted by molar-refractivity contribution is 7.99. The Labute approximate surface area is 134 Å². The van der Waals surface area contributed by atoms with Gasteiger partial charge in [-0.15, -0.1) is 11.8 Å². The predicted octanol–water partition coefficient (Wildman–Crippen LogP) is 4.99. The molecule has 2 aromatic rings. The summed E-state index contributed by atoms with van der Waals surface area (Å²) in [6.45, 7) is 0. The summed E-state index contributed by atoms with van der Waals surface area (Å²) in [5, 5.41) is 0.773. The third kappa shape index (κ3) is 3.74. The van der Waals surface area contributed by atoms with E-state index in [1.54, 1.807) is 12.1 Å². The van der Waals surface area contributed by atoms with E-state index in [1.807, 2.05) is 12.3 Å². The van der Waals surface area contributed by atoms with Crippen molar-refractivity contribution >= 4 is 52.0 Å². The Bertz CT molecular complexity index is 627. The minimum Gasteiger partial charge on any atom is -0.588 e. The minimum absolute atomic E-state index is 0.0430. The molecular formula is C13H10Cl2FNOS2. The zero-order valence-electron chi connectivity index (χ0n) is 10.3. The van der Waals surface area contributed by atoms with Crippen molar-refractivity contribution in [2.75, 3.05) is 11.0 Å². The van der Waals surface area contributed by atoms with Gasteiger partial charge in [0.2, 0.25) is 4.90 Å². The van der Waals surface area contributed by atoms with E-state index in [0.29, 0.717) is 10.7 Å². The van der Waals surface area contributed by atoms with Crippen LogP contribution in [0.4, 0.5) is 10.1 Å². The fraction of sp³-hybridized carbons (Fsp3) is 0.0769. The van der Waals surface area contributed by atoms with Gasteiger partial charge >= 0.3 is 0 Å². The zero-order chi connectivity index (χ0) is 14.7. The first kappa shape index (κ1) is 15.8. The van der Waals surface area contributed by atoms with Gasteiger partial charge in [0.05, 0.1) is 5.69 Å². The maximum Gasteiger partial charge on any atom is 0.215 e. The van der Waals surface area contributed by atoms with Gasteiger partial charge in [0.1, 0.15) is 11.4 Å². The number of anilines is 1. The van der Waals surface area contributed by atoms with E-state index in [2.05, 4.69) is 4.72 Å². The molecule has 20 heavy (non-hydrogen) atoms. The van der Waals surface area contributed by atoms with Crippen LogP contribution in [0.25, 0.3) is 0 Å². The summed E-state index contributed by atoms with van der Waals surface area (Å²) in [5.41, 5.74) is 0.595. The van der Waals surface area contributed by atoms with Crippen LogP contribution in [0.1, 0.15) is 0 Å². The molecule has 1 unspecified atom stereocenters. The molecule has 0 spiro atoms. The van der Waals surface area contributed by atoms with Gasteiger partial charge in [-0.1, -0.05) is 23.2 Å². The molecule has 0 aliphatic rings. The highest BCUT2D eigenvalue weighted by Crippen LogP contribution is 2.30. The van der Waals surface area contributed by atoms with E-state index in [-0.39, 0.29) is 9.92 Å². The molecule has 106 valence electrons. The van der Waals surface area contributed by atoms with Gasteiger partial charge in [0.15, 0.2) is 5.82 Å². The fourth-order valence-corrected chi connectivity index (χ4v) is 3.38. The number of hydrogen-bond acceptors (Lipinski definition) is 3. The smallest absolute Gasteiger partial charge is 0.215 e. The molecule has 2 rings (SSSR count). The number of thioether (sulfide) groups is 1. The molecule has 1 atom stereocenters. The second-order valence-electron chi connectivity index (χ2n) is 3.79. The van der Waals surface area contributed by atoms with Crippen molar-refractivity contribution in [1.82, 2.24) is 0 Å². The van der Waals surface area contributed by atoms with Crippen LogP contribution in [0.3, 0.4) is 0 Å². The van der Waals surface area contributed by atoms with Crippen molar-refractivity contribution in [2.45, 2.75) is 9.79 Å². The highest BCUT2D eigenvalue weighted by atomic mass is 35.5. The quantitative estimate of drug-likeness (QED) is 0.623. The summed E-state index contributed by atoms with van der Waals surface area (Å²) in [6, 6.07) is 9.22. The van der Waals surface area contributed by atoms with Gasteiger partial charge in [-0.2, -0.15) is 0 Å². The lowest BCUT2D eigenvalue weighted by molar-refractivity contribution is 0.569. The third-order valence-corrected chi connectivity index (χ3v) is 4.86. The molecule has 0 saturated carbocycles. The third-order valence-electron chi connectivity index (χ3n) is 2.46. The Balaban J connectivity index is 2.27. The normalized spacial score (nSPS) is 12.2. The van der Waals surface area contributed by atoms with Crippen LogP contribution in [-0.2, 0) is 11.4 Å². The van der Waals surface area contributed by atoms with Crippen LogP contribution >= 0.6 is 35.0 Å². The Morgan fingerprint density at radius 3 is 2.45 bits per heavy atom. The summed E-state index contributed by atoms with van der Waals surface area (Å²) in [4.78, 5) is 0.915. The number of hydrogen-bond donors (Lipinski definition) is 1. The lowest BCUT2D eigenvalue weighted by Crippen LogP contribution is -2.15. The van der Waals surface area contributed by atoms with E-state index < -0.39 is 17.2 Å². The fourth-order valence-electron chi connectivity index (χ4n) is 1.54. The molecule has 0 aliphatic heterocycles. The number of halogens is 3. The van der Waals surface area contributed by atoms with Crippen molar-refractivity contribution in [3.63, 3.8) is 0 Å². The molecule has 0 fully saturated rings. The lowest BCUT2D eigenvalue weighted by Gasteiger charge is -2.14. The van der Waals surface area contributed by atoms with Crippen LogP contribution in [0, 0.1) is 5.82 Å². The largest absolute Gasteiger partial charge is 0.588 e. The Morgan fingerprint density at radius 1 is 1.15 bits per heavy atom. The summed E-state index contributed by atoms with van der Waals surface area (Å²) in [7, 11) is 0. The molecule has 0 bridgehead atoms. The first-order chi connectivity index (χ1) is 9.51. The van der Waals surface area contributed by atoms with Crippen LogP contribution in [0.2, 0.25) is 10.0 Å². The average molecular weight is 350 g/mol. The van der Waals surface area contributed by atoms with E-state index in [4.69, 9.17) is 23.2 Å². The van der Waals surface area contributed by atoms with Crippen LogP contribution < -0.4 is 4.72 Å². The highest BCUT2D eigenvalue weighted by Gasteiger charge is 2.19. The van der Waals surface area contributed by atoms with Gasteiger partial charge in [0.25, 0.3) is 0 Å². The molecule has 0 heterocycles. The molecule has 2 nitrogen and oxygen atoms in total. The molecule has 0 saturated heterocycles. The van der Waals surface area contributed by atoms with Crippen molar-refractivity contribution in [3.05, 3.63) is 52.3 Å². The minimum atomic E-state index is -1.73. The molecule has 2 aromatic carbocycles. The topological polar surface area (TPSA) is 35.1 Å². The van der Waals surface area contributed by atoms with Gasteiger partial charge in [0, 0.05) is 21.0 Å². The lowest BCUT2D eigenvalue weighted by atomic mass is 10.3. The molecular weight excluding hydrogens is 340 g/mol. The SMILES string of the molecule is CSc1ccc(Cl)cc1N[S+]([O-])c1ccc(Cl)cc1F. The number of rotatable bonds is 4. The van der Waals surface area contributed by atoms with E-state index in [9.17, 15) is 8.94 Å². The molecule has 0 aliphatic carbocycles. The summed E-state index contributed by atoms with van der Waals surface area (Å²) < 4.78 is 28.7. The van der Waals surface area contributed by atoms with Crippen LogP contribution in [0.15, 0.2) is 46.2 Å². The van der Waals surface area contributed by atoms with Crippen LogP contribution in [0.5, 0.6) is 0 Å². The first-order valence-electron chi connectivity index (χ1n) is 5.48. The van der Waals surface area contributed by atoms with Crippen molar-refractivity contribution < 1.29 is 8.94 Å². The van der Waals surface area contributed by atoms with Crippen molar-refractivity contribution in [2.24, 2.45) is 0 Å². The van der Waals surface area contributed by atoms with E-state index in [1.165, 1.54) is 23.9 Å². The summed E-state index contributed by atoms with van der Waals surface area (Å²) in [6.07, 6.45) is 1.89. The molecule has 0 amide bonds. The van der Waals surface area contributed by atoms with Gasteiger partial charge in [-0.05, 0) is 36.6 Å². The predicted molar refractivity (Wildman–Crippen MR) is 84.7 cm³/mol. The molecule has 1 N–H and O–H groups in total. The zero-order valence-corrected chi connectivity index (χ0v) is 13.5. The second-order valence-corrected chi connectivity index (χ2v) is 6.69. The first-order valence-corrected chi connectivity index (χ1v) is 8.61. The maximum absolute atomic E-state index is 13.7. The van der Waals surface area contributed by atoms with E-state index in [0.717, 1.165) is 11.0 Å². The second kappa shape index (κ2) is 6.91. The summed E-state index contributed by atoms with van der Waals surface area (Å²) in [5.74, 6) is -0.615. The molecule has 7 heteroatoms. The Hall–Kier alpha value is -0.590. The van der Waals surface area contributed by atoms with E-state index >= 15 is 0 Å². The van der Waals surface area contributed by atoms with Gasteiger partial charge in [-0.3, -0.25) is 0 Å². The average Bonchev–Trinajstić information content (AvgIpc) is 2.38. The molecule has 0 radical (unpaired) electrons. The van der Waals surface area contributed by atoms with Crippen molar-refractivity contribution in [1.29, 1.82) is 0 Å². The number of benzene rings is 2. The van der Waals surface area contributed by atoms with Gasteiger partial charge < -0.3 is 4.55 Å². The van der Waals surface area contributed by atoms with Crippen molar-refractivity contribution in [3.8, 4) is 0 Å². The monoisotopic (exact) mass is 349 g/mol. The Morgan fingerprint density at radius 2 is 1.80 bits per heavy atom. The summed E-state index contributed by atoms with van der Waals surface area (Å²) >= 11 is 11.3. The maximum atomic E-state index is 13.7.